The first-order chi connectivity index (χ1) is 9.01. The van der Waals surface area contributed by atoms with Crippen molar-refractivity contribution in [2.24, 2.45) is 0 Å². The predicted molar refractivity (Wildman–Crippen MR) is 70.8 cm³/mol. The van der Waals surface area contributed by atoms with Gasteiger partial charge in [-0.15, -0.1) is 0 Å². The van der Waals surface area contributed by atoms with Crippen LogP contribution in [0.2, 0.25) is 0 Å². The van der Waals surface area contributed by atoms with Crippen LogP contribution in [0.4, 0.5) is 4.39 Å². The third kappa shape index (κ3) is 3.92. The van der Waals surface area contributed by atoms with Crippen molar-refractivity contribution in [2.75, 3.05) is 7.11 Å². The van der Waals surface area contributed by atoms with E-state index in [1.165, 1.54) is 13.2 Å². The Hall–Kier alpha value is -1.62. The Labute approximate surface area is 112 Å². The van der Waals surface area contributed by atoms with Gasteiger partial charge in [-0.2, -0.15) is 0 Å². The molecule has 0 radical (unpaired) electrons. The zero-order valence-electron chi connectivity index (χ0n) is 11.4. The van der Waals surface area contributed by atoms with Gasteiger partial charge in [-0.3, -0.25) is 10.1 Å². The number of nitrogens with one attached hydrogen (secondary N) is 1. The van der Waals surface area contributed by atoms with Gasteiger partial charge in [0, 0.05) is 11.6 Å². The van der Waals surface area contributed by atoms with E-state index in [1.54, 1.807) is 19.1 Å². The summed E-state index contributed by atoms with van der Waals surface area (Å²) in [6.07, 6.45) is 1.24. The fraction of sp³-hybridized carbons (Fsp3) is 0.500. The molecule has 2 N–H and O–H groups in total. The fourth-order valence-electron chi connectivity index (χ4n) is 2.07. The summed E-state index contributed by atoms with van der Waals surface area (Å²) < 4.78 is 19.0. The summed E-state index contributed by atoms with van der Waals surface area (Å²) in [7, 11) is 1.46. The molecule has 1 rings (SSSR count). The number of carbonyl (C=O) groups is 1. The van der Waals surface area contributed by atoms with Gasteiger partial charge >= 0.3 is 5.97 Å². The summed E-state index contributed by atoms with van der Waals surface area (Å²) in [5.41, 5.74) is 0.354. The van der Waals surface area contributed by atoms with E-state index in [2.05, 4.69) is 5.32 Å². The number of carboxylic acids is 1. The second kappa shape index (κ2) is 7.09. The average Bonchev–Trinajstić information content (AvgIpc) is 2.37. The summed E-state index contributed by atoms with van der Waals surface area (Å²) in [5, 5.41) is 12.0. The Morgan fingerprint density at radius 1 is 1.53 bits per heavy atom. The van der Waals surface area contributed by atoms with Gasteiger partial charge in [0.2, 0.25) is 0 Å². The van der Waals surface area contributed by atoms with Crippen molar-refractivity contribution in [1.82, 2.24) is 5.32 Å². The third-order valence-corrected chi connectivity index (χ3v) is 2.99. The van der Waals surface area contributed by atoms with Gasteiger partial charge in [-0.05, 0) is 25.5 Å². The van der Waals surface area contributed by atoms with Crippen LogP contribution in [0.5, 0.6) is 5.75 Å². The maximum Gasteiger partial charge on any atom is 0.320 e. The Bertz CT molecular complexity index is 437. The second-order valence-electron chi connectivity index (χ2n) is 4.42. The molecule has 0 aromatic heterocycles. The number of aliphatic carboxylic acids is 1. The molecular weight excluding hydrogens is 249 g/mol. The van der Waals surface area contributed by atoms with Crippen molar-refractivity contribution in [2.45, 2.75) is 38.8 Å². The summed E-state index contributed by atoms with van der Waals surface area (Å²) >= 11 is 0. The van der Waals surface area contributed by atoms with E-state index >= 15 is 0 Å². The molecule has 4 nitrogen and oxygen atoms in total. The summed E-state index contributed by atoms with van der Waals surface area (Å²) in [6, 6.07) is 3.43. The molecular formula is C14H20FNO3. The van der Waals surface area contributed by atoms with Crippen molar-refractivity contribution in [1.29, 1.82) is 0 Å². The summed E-state index contributed by atoms with van der Waals surface area (Å²) in [4.78, 5) is 11.1. The number of benzene rings is 1. The zero-order chi connectivity index (χ0) is 14.4. The molecule has 0 amide bonds. The molecule has 0 saturated heterocycles. The van der Waals surface area contributed by atoms with Crippen molar-refractivity contribution >= 4 is 5.97 Å². The van der Waals surface area contributed by atoms with Gasteiger partial charge in [-0.1, -0.05) is 19.4 Å². The maximum atomic E-state index is 13.9. The number of hydrogen-bond donors (Lipinski definition) is 2. The van der Waals surface area contributed by atoms with Crippen LogP contribution in [0.15, 0.2) is 18.2 Å². The van der Waals surface area contributed by atoms with E-state index in [0.29, 0.717) is 17.7 Å². The molecule has 0 aliphatic carbocycles. The molecule has 2 unspecified atom stereocenters. The molecule has 0 saturated carbocycles. The van der Waals surface area contributed by atoms with E-state index < -0.39 is 23.9 Å². The van der Waals surface area contributed by atoms with Crippen LogP contribution in [-0.4, -0.2) is 24.2 Å². The minimum atomic E-state index is -0.927. The maximum absolute atomic E-state index is 13.9. The predicted octanol–water partition coefficient (Wildman–Crippen LogP) is 2.74. The Morgan fingerprint density at radius 2 is 2.21 bits per heavy atom. The highest BCUT2D eigenvalue weighted by Crippen LogP contribution is 2.28. The van der Waals surface area contributed by atoms with Crippen LogP contribution in [0.3, 0.4) is 0 Å². The van der Waals surface area contributed by atoms with E-state index in [9.17, 15) is 9.18 Å². The molecule has 106 valence electrons. The lowest BCUT2D eigenvalue weighted by Crippen LogP contribution is -2.38. The number of halogens is 1. The van der Waals surface area contributed by atoms with E-state index in [1.807, 2.05) is 6.92 Å². The second-order valence-corrected chi connectivity index (χ2v) is 4.42. The highest BCUT2D eigenvalue weighted by molar-refractivity contribution is 5.73. The van der Waals surface area contributed by atoms with Gasteiger partial charge in [0.1, 0.15) is 17.6 Å². The minimum absolute atomic E-state index is 0.354. The van der Waals surface area contributed by atoms with Crippen molar-refractivity contribution < 1.29 is 19.0 Å². The van der Waals surface area contributed by atoms with Gasteiger partial charge in [0.05, 0.1) is 7.11 Å². The van der Waals surface area contributed by atoms with Crippen molar-refractivity contribution in [3.63, 3.8) is 0 Å². The number of carboxylic acid groups (broad SMARTS) is 1. The van der Waals surface area contributed by atoms with Crippen LogP contribution < -0.4 is 10.1 Å². The Morgan fingerprint density at radius 3 is 2.74 bits per heavy atom. The van der Waals surface area contributed by atoms with Gasteiger partial charge < -0.3 is 9.84 Å². The molecule has 0 aliphatic rings. The number of rotatable bonds is 7. The smallest absolute Gasteiger partial charge is 0.320 e. The van der Waals surface area contributed by atoms with Crippen LogP contribution in [0, 0.1) is 5.82 Å². The molecule has 1 aromatic rings. The monoisotopic (exact) mass is 269 g/mol. The topological polar surface area (TPSA) is 58.6 Å². The third-order valence-electron chi connectivity index (χ3n) is 2.99. The summed E-state index contributed by atoms with van der Waals surface area (Å²) in [6.45, 7) is 3.64. The van der Waals surface area contributed by atoms with E-state index in [0.717, 1.165) is 6.42 Å². The van der Waals surface area contributed by atoms with Gasteiger partial charge in [-0.25, -0.2) is 4.39 Å². The quantitative estimate of drug-likeness (QED) is 0.799. The molecule has 0 spiro atoms. The fourth-order valence-corrected chi connectivity index (χ4v) is 2.07. The van der Waals surface area contributed by atoms with Crippen molar-refractivity contribution in [3.05, 3.63) is 29.6 Å². The lowest BCUT2D eigenvalue weighted by atomic mass is 10.0. The van der Waals surface area contributed by atoms with Crippen molar-refractivity contribution in [3.8, 4) is 5.75 Å². The SMILES string of the molecule is CCCC(NC(C)c1c(F)cccc1OC)C(=O)O. The van der Waals surface area contributed by atoms with Gasteiger partial charge in [0.25, 0.3) is 0 Å². The van der Waals surface area contributed by atoms with Crippen LogP contribution >= 0.6 is 0 Å². The Balaban J connectivity index is 2.93. The lowest BCUT2D eigenvalue weighted by Gasteiger charge is -2.22. The van der Waals surface area contributed by atoms with Crippen LogP contribution in [0.1, 0.15) is 38.3 Å². The first kappa shape index (κ1) is 15.4. The zero-order valence-corrected chi connectivity index (χ0v) is 11.4. The Kier molecular flexibility index (Phi) is 5.76. The summed E-state index contributed by atoms with van der Waals surface area (Å²) in [5.74, 6) is -0.912. The van der Waals surface area contributed by atoms with Crippen LogP contribution in [-0.2, 0) is 4.79 Å². The molecule has 0 aliphatic heterocycles. The minimum Gasteiger partial charge on any atom is -0.496 e. The first-order valence-electron chi connectivity index (χ1n) is 6.32. The first-order valence-corrected chi connectivity index (χ1v) is 6.32. The molecule has 19 heavy (non-hydrogen) atoms. The molecule has 0 bridgehead atoms. The highest BCUT2D eigenvalue weighted by atomic mass is 19.1. The lowest BCUT2D eigenvalue weighted by molar-refractivity contribution is -0.139. The largest absolute Gasteiger partial charge is 0.496 e. The standard InChI is InChI=1S/C14H20FNO3/c1-4-6-11(14(17)18)16-9(2)13-10(15)7-5-8-12(13)19-3/h5,7-9,11,16H,4,6H2,1-3H3,(H,17,18). The molecule has 5 heteroatoms. The van der Waals surface area contributed by atoms with Crippen LogP contribution in [0.25, 0.3) is 0 Å². The molecule has 0 fully saturated rings. The van der Waals surface area contributed by atoms with E-state index in [-0.39, 0.29) is 0 Å². The average molecular weight is 269 g/mol. The molecule has 1 aromatic carbocycles. The molecule has 2 atom stereocenters. The number of ether oxygens (including phenoxy) is 1. The van der Waals surface area contributed by atoms with E-state index in [4.69, 9.17) is 9.84 Å². The van der Waals surface area contributed by atoms with Gasteiger partial charge in [0.15, 0.2) is 0 Å². The normalized spacial score (nSPS) is 13.9. The highest BCUT2D eigenvalue weighted by Gasteiger charge is 2.23. The molecule has 0 heterocycles. The number of methoxy groups -OCH3 is 1. The number of hydrogen-bond acceptors (Lipinski definition) is 3.